The molecule has 0 bridgehead atoms. The maximum atomic E-state index is 5.91. The molecule has 2 fully saturated rings. The third-order valence-electron chi connectivity index (χ3n) is 4.29. The number of imidazole rings is 1. The summed E-state index contributed by atoms with van der Waals surface area (Å²) in [6.45, 7) is 0.651. The Bertz CT molecular complexity index is 623. The van der Waals surface area contributed by atoms with Crippen molar-refractivity contribution in [3.63, 3.8) is 0 Å². The van der Waals surface area contributed by atoms with Crippen LogP contribution in [0.4, 0.5) is 5.82 Å². The van der Waals surface area contributed by atoms with Crippen molar-refractivity contribution in [2.75, 3.05) is 5.32 Å². The quantitative estimate of drug-likeness (QED) is 0.765. The van der Waals surface area contributed by atoms with E-state index >= 15 is 0 Å². The molecule has 2 aliphatic rings. The van der Waals surface area contributed by atoms with Crippen LogP contribution in [-0.4, -0.2) is 26.0 Å². The van der Waals surface area contributed by atoms with Crippen LogP contribution in [0.2, 0.25) is 0 Å². The molecule has 0 unspecified atom stereocenters. The van der Waals surface area contributed by atoms with E-state index < -0.39 is 0 Å². The Hall–Kier alpha value is -1.37. The van der Waals surface area contributed by atoms with Crippen molar-refractivity contribution >= 4 is 30.6 Å². The minimum atomic E-state index is 0. The minimum Gasteiger partial charge on any atom is -0.363 e. The van der Waals surface area contributed by atoms with Crippen molar-refractivity contribution in [3.05, 3.63) is 35.8 Å². The molecule has 4 rings (SSSR count). The van der Waals surface area contributed by atoms with Gasteiger partial charge in [-0.3, -0.25) is 0 Å². The summed E-state index contributed by atoms with van der Waals surface area (Å²) in [5.41, 5.74) is 7.05. The number of hydrogen-bond acceptors (Lipinski definition) is 5. The van der Waals surface area contributed by atoms with Gasteiger partial charge in [0.15, 0.2) is 0 Å². The number of hydrogen-bond donors (Lipinski definition) is 3. The zero-order valence-corrected chi connectivity index (χ0v) is 14.4. The predicted molar refractivity (Wildman–Crippen MR) is 94.4 cm³/mol. The second kappa shape index (κ2) is 7.47. The number of nitrogens with zero attached hydrogens (tertiary/aromatic N) is 3. The average molecular weight is 357 g/mol. The lowest BCUT2D eigenvalue weighted by Crippen LogP contribution is -2.35. The van der Waals surface area contributed by atoms with E-state index in [1.54, 1.807) is 6.20 Å². The summed E-state index contributed by atoms with van der Waals surface area (Å²) in [5.74, 6) is 3.87. The second-order valence-electron chi connectivity index (χ2n) is 6.13. The van der Waals surface area contributed by atoms with Crippen LogP contribution in [0.3, 0.4) is 0 Å². The van der Waals surface area contributed by atoms with Gasteiger partial charge in [0.2, 0.25) is 0 Å². The summed E-state index contributed by atoms with van der Waals surface area (Å²) in [7, 11) is 0. The first-order valence-corrected chi connectivity index (χ1v) is 7.64. The van der Waals surface area contributed by atoms with Gasteiger partial charge in [-0.2, -0.15) is 0 Å². The maximum Gasteiger partial charge on any atom is 0.134 e. The summed E-state index contributed by atoms with van der Waals surface area (Å²) in [6.07, 6.45) is 8.09. The highest BCUT2D eigenvalue weighted by molar-refractivity contribution is 5.85. The van der Waals surface area contributed by atoms with Crippen molar-refractivity contribution in [3.8, 4) is 0 Å². The van der Waals surface area contributed by atoms with Crippen LogP contribution in [0.5, 0.6) is 0 Å². The number of aromatic amines is 1. The fourth-order valence-corrected chi connectivity index (χ4v) is 2.78. The van der Waals surface area contributed by atoms with E-state index in [2.05, 4.69) is 26.3 Å². The number of rotatable bonds is 5. The van der Waals surface area contributed by atoms with E-state index in [1.165, 1.54) is 12.8 Å². The van der Waals surface area contributed by atoms with Crippen LogP contribution in [-0.2, 0) is 6.54 Å². The van der Waals surface area contributed by atoms with Gasteiger partial charge in [-0.05, 0) is 25.7 Å². The first-order chi connectivity index (χ1) is 10.3. The lowest BCUT2D eigenvalue weighted by atomic mass is 9.78. The predicted octanol–water partition coefficient (Wildman–Crippen LogP) is 2.74. The Labute approximate surface area is 147 Å². The van der Waals surface area contributed by atoms with Crippen molar-refractivity contribution in [2.45, 2.75) is 50.1 Å². The monoisotopic (exact) mass is 356 g/mol. The van der Waals surface area contributed by atoms with E-state index in [0.29, 0.717) is 24.4 Å². The number of H-pyrrole nitrogens is 1. The molecule has 0 aliphatic heterocycles. The third-order valence-corrected chi connectivity index (χ3v) is 4.29. The molecular formula is C15H22Cl2N6. The van der Waals surface area contributed by atoms with E-state index in [1.807, 2.05) is 6.20 Å². The Morgan fingerprint density at radius 3 is 2.57 bits per heavy atom. The molecule has 2 aromatic heterocycles. The maximum absolute atomic E-state index is 5.91. The molecule has 6 nitrogen and oxygen atoms in total. The van der Waals surface area contributed by atoms with E-state index in [-0.39, 0.29) is 24.8 Å². The Morgan fingerprint density at radius 1 is 1.17 bits per heavy atom. The fourth-order valence-electron chi connectivity index (χ4n) is 2.78. The number of anilines is 1. The summed E-state index contributed by atoms with van der Waals surface area (Å²) >= 11 is 0. The van der Waals surface area contributed by atoms with Gasteiger partial charge >= 0.3 is 0 Å². The molecule has 2 heterocycles. The molecule has 126 valence electrons. The van der Waals surface area contributed by atoms with E-state index in [9.17, 15) is 0 Å². The van der Waals surface area contributed by atoms with E-state index in [0.717, 1.165) is 36.0 Å². The number of aromatic nitrogens is 4. The molecule has 0 atom stereocenters. The average Bonchev–Trinajstić information content (AvgIpc) is 3.18. The zero-order valence-electron chi connectivity index (χ0n) is 12.7. The summed E-state index contributed by atoms with van der Waals surface area (Å²) in [4.78, 5) is 16.7. The fraction of sp³-hybridized carbons (Fsp3) is 0.533. The summed E-state index contributed by atoms with van der Waals surface area (Å²) < 4.78 is 0. The third kappa shape index (κ3) is 4.13. The summed E-state index contributed by atoms with van der Waals surface area (Å²) in [5, 5.41) is 3.35. The first-order valence-electron chi connectivity index (χ1n) is 7.64. The highest BCUT2D eigenvalue weighted by Gasteiger charge is 2.32. The highest BCUT2D eigenvalue weighted by atomic mass is 35.5. The standard InChI is InChI=1S/C15H20N6.2ClH/c16-11-5-10(6-11)12-7-13(19-8-14-17-3-4-18-14)21-15(20-12)9-1-2-9;;/h3-4,7,9-11H,1-2,5-6,8,16H2,(H,17,18)(H,19,20,21);2*1H. The van der Waals surface area contributed by atoms with Gasteiger partial charge in [-0.15, -0.1) is 24.8 Å². The zero-order chi connectivity index (χ0) is 14.2. The van der Waals surface area contributed by atoms with Crippen molar-refractivity contribution in [2.24, 2.45) is 5.73 Å². The number of halogens is 2. The van der Waals surface area contributed by atoms with Gasteiger partial charge in [0.25, 0.3) is 0 Å². The van der Waals surface area contributed by atoms with E-state index in [4.69, 9.17) is 10.7 Å². The topological polar surface area (TPSA) is 92.5 Å². The second-order valence-corrected chi connectivity index (χ2v) is 6.13. The molecule has 2 aliphatic carbocycles. The minimum absolute atomic E-state index is 0. The Kier molecular flexibility index (Phi) is 5.84. The van der Waals surface area contributed by atoms with Crippen LogP contribution in [0.25, 0.3) is 0 Å². The molecule has 23 heavy (non-hydrogen) atoms. The molecule has 2 aromatic rings. The molecule has 8 heteroatoms. The van der Waals surface area contributed by atoms with Gasteiger partial charge in [0.05, 0.1) is 6.54 Å². The van der Waals surface area contributed by atoms with Gasteiger partial charge < -0.3 is 16.0 Å². The molecule has 0 saturated heterocycles. The molecule has 2 saturated carbocycles. The molecule has 0 radical (unpaired) electrons. The molecule has 4 N–H and O–H groups in total. The lowest BCUT2D eigenvalue weighted by Gasteiger charge is -2.32. The van der Waals surface area contributed by atoms with Gasteiger partial charge in [-0.25, -0.2) is 15.0 Å². The summed E-state index contributed by atoms with van der Waals surface area (Å²) in [6, 6.07) is 2.42. The normalized spacial score (nSPS) is 22.5. The Morgan fingerprint density at radius 2 is 1.96 bits per heavy atom. The molecule has 0 aromatic carbocycles. The number of nitrogens with one attached hydrogen (secondary N) is 2. The molecule has 0 spiro atoms. The van der Waals surface area contributed by atoms with Crippen molar-refractivity contribution < 1.29 is 0 Å². The van der Waals surface area contributed by atoms with Crippen molar-refractivity contribution in [1.82, 2.24) is 19.9 Å². The SMILES string of the molecule is Cl.Cl.NC1CC(c2cc(NCc3ncc[nH]3)nc(C3CC3)n2)C1. The largest absolute Gasteiger partial charge is 0.363 e. The number of nitrogens with two attached hydrogens (primary N) is 1. The van der Waals surface area contributed by atoms with Gasteiger partial charge in [0, 0.05) is 42.0 Å². The van der Waals surface area contributed by atoms with Crippen molar-refractivity contribution in [1.29, 1.82) is 0 Å². The molecule has 0 amide bonds. The molecular weight excluding hydrogens is 335 g/mol. The first kappa shape index (κ1) is 18.0. The van der Waals surface area contributed by atoms with Gasteiger partial charge in [-0.1, -0.05) is 0 Å². The Balaban J connectivity index is 0.000000960. The lowest BCUT2D eigenvalue weighted by molar-refractivity contribution is 0.344. The van der Waals surface area contributed by atoms with Crippen LogP contribution in [0.15, 0.2) is 18.5 Å². The smallest absolute Gasteiger partial charge is 0.134 e. The van der Waals surface area contributed by atoms with Crippen LogP contribution >= 0.6 is 24.8 Å². The van der Waals surface area contributed by atoms with Gasteiger partial charge in [0.1, 0.15) is 17.5 Å². The van der Waals surface area contributed by atoms with Crippen LogP contribution in [0, 0.1) is 0 Å². The highest BCUT2D eigenvalue weighted by Crippen LogP contribution is 2.41. The van der Waals surface area contributed by atoms with Crippen LogP contribution in [0.1, 0.15) is 54.9 Å². The van der Waals surface area contributed by atoms with Crippen LogP contribution < -0.4 is 11.1 Å².